The molecule has 0 saturated heterocycles. The van der Waals surface area contributed by atoms with Crippen LogP contribution in [-0.2, 0) is 35.3 Å². The molecule has 0 spiro atoms. The SMILES string of the molecule is CCCC(C(O)Cc1cc(C(C)CNCC(C)O)c[nH]1)C1CC(CC2=CCNC(N)=C2)CC2C#CC(c3ccccc3)c3c(cc(OC)c(O)c3CCc3ccccc3)CCC(=O)CC(=O)C2C1. The van der Waals surface area contributed by atoms with Crippen molar-refractivity contribution in [2.24, 2.45) is 35.3 Å². The van der Waals surface area contributed by atoms with Crippen molar-refractivity contribution in [3.8, 4) is 23.3 Å². The highest BCUT2D eigenvalue weighted by atomic mass is 16.5. The molecule has 3 aliphatic rings. The van der Waals surface area contributed by atoms with Gasteiger partial charge in [-0.05, 0) is 134 Å². The number of nitrogens with one attached hydrogen (secondary N) is 3. The number of aliphatic hydroxyl groups excluding tert-OH is 2. The number of rotatable bonds is 18. The molecule has 68 heavy (non-hydrogen) atoms. The van der Waals surface area contributed by atoms with Crippen molar-refractivity contribution < 1.29 is 29.6 Å². The number of phenolic OH excluding ortho intramolecular Hbond substituents is 1. The molecule has 3 aromatic carbocycles. The minimum atomic E-state index is -0.659. The van der Waals surface area contributed by atoms with Gasteiger partial charge < -0.3 is 41.4 Å². The second kappa shape index (κ2) is 24.1. The van der Waals surface area contributed by atoms with E-state index in [1.54, 1.807) is 14.0 Å². The standard InChI is InChI=1S/C58H74N4O6/c1-5-12-49(53(65)32-47-29-46(36-62-47)37(2)34-60-35-38(3)63)45-27-41(25-40-23-24-61-56(59)28-40)26-43-19-22-50(42-15-10-7-11-16-42)57-44(18-20-48(64)33-54(66)52(43)30-45)31-55(68-4)58(67)51(57)21-17-39-13-8-6-9-14-39/h6-11,13-16,23,28-29,31,36-38,41,43,45,49-50,52-53,60-63,65,67H,5,12,17-18,20-21,24-27,30,32-35,59H2,1-4H3. The Labute approximate surface area is 404 Å². The smallest absolute Gasteiger partial charge is 0.161 e. The highest BCUT2D eigenvalue weighted by Gasteiger charge is 2.41. The quantitative estimate of drug-likeness (QED) is 0.0382. The van der Waals surface area contributed by atoms with Gasteiger partial charge in [0.1, 0.15) is 11.6 Å². The third-order valence-electron chi connectivity index (χ3n) is 14.7. The number of dihydropyridines is 1. The van der Waals surface area contributed by atoms with Gasteiger partial charge in [-0.3, -0.25) is 9.59 Å². The highest BCUT2D eigenvalue weighted by Crippen LogP contribution is 2.46. The number of ketones is 2. The number of benzene rings is 3. The molecular formula is C58H74N4O6. The highest BCUT2D eigenvalue weighted by molar-refractivity contribution is 6.00. The first-order chi connectivity index (χ1) is 32.9. The lowest BCUT2D eigenvalue weighted by atomic mass is 9.73. The van der Waals surface area contributed by atoms with E-state index in [1.165, 1.54) is 0 Å². The van der Waals surface area contributed by atoms with E-state index in [1.807, 2.05) is 54.7 Å². The number of aromatic amines is 1. The van der Waals surface area contributed by atoms with Crippen LogP contribution in [-0.4, -0.2) is 70.8 Å². The summed E-state index contributed by atoms with van der Waals surface area (Å²) in [5.74, 6) is 7.43. The largest absolute Gasteiger partial charge is 0.504 e. The van der Waals surface area contributed by atoms with E-state index in [4.69, 9.17) is 10.5 Å². The van der Waals surface area contributed by atoms with E-state index in [2.05, 4.69) is 77.7 Å². The van der Waals surface area contributed by atoms with Gasteiger partial charge in [0.2, 0.25) is 0 Å². The van der Waals surface area contributed by atoms with Gasteiger partial charge in [0, 0.05) is 61.8 Å². The zero-order valence-corrected chi connectivity index (χ0v) is 40.6. The monoisotopic (exact) mass is 923 g/mol. The second-order valence-electron chi connectivity index (χ2n) is 19.9. The number of carbonyl (C=O) groups is 2. The van der Waals surface area contributed by atoms with Crippen LogP contribution in [0.3, 0.4) is 0 Å². The normalized spacial score (nSPS) is 22.8. The molecular weight excluding hydrogens is 849 g/mol. The fourth-order valence-electron chi connectivity index (χ4n) is 11.2. The number of aromatic hydroxyl groups is 1. The lowest BCUT2D eigenvalue weighted by molar-refractivity contribution is -0.130. The molecule has 4 aromatic rings. The summed E-state index contributed by atoms with van der Waals surface area (Å²) in [6.45, 7) is 7.99. The van der Waals surface area contributed by atoms with E-state index in [9.17, 15) is 24.9 Å². The predicted octanol–water partition coefficient (Wildman–Crippen LogP) is 8.59. The molecule has 10 nitrogen and oxygen atoms in total. The van der Waals surface area contributed by atoms with E-state index < -0.39 is 24.0 Å². The van der Waals surface area contributed by atoms with Crippen molar-refractivity contribution in [2.75, 3.05) is 26.7 Å². The summed E-state index contributed by atoms with van der Waals surface area (Å²) in [5, 5.41) is 40.6. The Bertz CT molecular complexity index is 2430. The Morgan fingerprint density at radius 3 is 2.43 bits per heavy atom. The van der Waals surface area contributed by atoms with Crippen LogP contribution in [0.4, 0.5) is 0 Å². The fourth-order valence-corrected chi connectivity index (χ4v) is 11.2. The number of Topliss-reactive ketones (excluding diaryl/α,β-unsaturated/α-hetero) is 2. The van der Waals surface area contributed by atoms with Gasteiger partial charge in [0.25, 0.3) is 0 Å². The van der Waals surface area contributed by atoms with Gasteiger partial charge in [-0.25, -0.2) is 0 Å². The molecule has 9 atom stereocenters. The number of allylic oxidation sites excluding steroid dienone is 2. The third-order valence-corrected chi connectivity index (χ3v) is 14.7. The van der Waals surface area contributed by atoms with E-state index in [0.29, 0.717) is 63.2 Å². The minimum Gasteiger partial charge on any atom is -0.504 e. The molecule has 0 amide bonds. The number of hydrogen-bond donors (Lipinski definition) is 7. The van der Waals surface area contributed by atoms with Crippen molar-refractivity contribution in [3.63, 3.8) is 0 Å². The van der Waals surface area contributed by atoms with Gasteiger partial charge >= 0.3 is 0 Å². The number of aromatic nitrogens is 1. The molecule has 2 aliphatic carbocycles. The average molecular weight is 923 g/mol. The summed E-state index contributed by atoms with van der Waals surface area (Å²) in [4.78, 5) is 32.5. The second-order valence-corrected chi connectivity index (χ2v) is 19.9. The molecule has 7 rings (SSSR count). The van der Waals surface area contributed by atoms with Crippen LogP contribution in [0.1, 0.15) is 123 Å². The van der Waals surface area contributed by atoms with Crippen LogP contribution in [0.15, 0.2) is 103 Å². The Kier molecular flexibility index (Phi) is 17.8. The van der Waals surface area contributed by atoms with Crippen molar-refractivity contribution in [3.05, 3.63) is 142 Å². The summed E-state index contributed by atoms with van der Waals surface area (Å²) < 4.78 is 5.78. The Morgan fingerprint density at radius 2 is 1.71 bits per heavy atom. The Morgan fingerprint density at radius 1 is 0.941 bits per heavy atom. The molecule has 10 heteroatoms. The molecule has 9 unspecified atom stereocenters. The Hall–Kier alpha value is -5.60. The Balaban J connectivity index is 1.29. The molecule has 0 radical (unpaired) electrons. The van der Waals surface area contributed by atoms with Crippen LogP contribution in [0.5, 0.6) is 11.5 Å². The number of phenols is 1. The number of aryl methyl sites for hydroxylation is 2. The molecule has 1 saturated carbocycles. The van der Waals surface area contributed by atoms with Crippen LogP contribution < -0.4 is 21.1 Å². The van der Waals surface area contributed by atoms with Crippen LogP contribution in [0, 0.1) is 41.4 Å². The third kappa shape index (κ3) is 13.1. The number of hydrogen-bond acceptors (Lipinski definition) is 9. The number of fused-ring (bicyclic) bond motifs is 2. The van der Waals surface area contributed by atoms with Gasteiger partial charge in [0.15, 0.2) is 11.5 Å². The summed E-state index contributed by atoms with van der Waals surface area (Å²) in [7, 11) is 1.55. The number of carbonyl (C=O) groups excluding carboxylic acids is 2. The zero-order valence-electron chi connectivity index (χ0n) is 40.6. The lowest BCUT2D eigenvalue weighted by Crippen LogP contribution is -2.33. The van der Waals surface area contributed by atoms with Gasteiger partial charge in [-0.2, -0.15) is 0 Å². The maximum absolute atomic E-state index is 14.9. The van der Waals surface area contributed by atoms with E-state index in [-0.39, 0.29) is 59.7 Å². The average Bonchev–Trinajstić information content (AvgIpc) is 3.72. The summed E-state index contributed by atoms with van der Waals surface area (Å²) in [6.07, 6.45) is 11.6. The molecule has 362 valence electrons. The molecule has 1 aromatic heterocycles. The topological polar surface area (TPSA) is 170 Å². The van der Waals surface area contributed by atoms with E-state index in [0.717, 1.165) is 76.9 Å². The molecule has 1 aliphatic heterocycles. The number of nitrogens with two attached hydrogens (primary N) is 1. The lowest BCUT2D eigenvalue weighted by Gasteiger charge is -2.33. The maximum atomic E-state index is 14.9. The summed E-state index contributed by atoms with van der Waals surface area (Å²) >= 11 is 0. The van der Waals surface area contributed by atoms with Crippen molar-refractivity contribution in [2.45, 2.75) is 122 Å². The number of aliphatic hydroxyl groups is 2. The first-order valence-electron chi connectivity index (χ1n) is 25.1. The number of ether oxygens (including phenoxy) is 1. The van der Waals surface area contributed by atoms with Crippen molar-refractivity contribution in [1.29, 1.82) is 0 Å². The van der Waals surface area contributed by atoms with Crippen molar-refractivity contribution in [1.82, 2.24) is 15.6 Å². The summed E-state index contributed by atoms with van der Waals surface area (Å²) in [6, 6.07) is 24.4. The van der Waals surface area contributed by atoms with Gasteiger partial charge in [-0.15, -0.1) is 0 Å². The number of methoxy groups -OCH3 is 1. The zero-order chi connectivity index (χ0) is 48.2. The van der Waals surface area contributed by atoms with Crippen LogP contribution in [0.25, 0.3) is 0 Å². The molecule has 0 bridgehead atoms. The van der Waals surface area contributed by atoms with Crippen molar-refractivity contribution >= 4 is 11.6 Å². The molecule has 2 heterocycles. The van der Waals surface area contributed by atoms with Gasteiger partial charge in [-0.1, -0.05) is 98.8 Å². The van der Waals surface area contributed by atoms with Gasteiger partial charge in [0.05, 0.1) is 37.5 Å². The van der Waals surface area contributed by atoms with Crippen LogP contribution in [0.2, 0.25) is 0 Å². The molecule has 1 fully saturated rings. The van der Waals surface area contributed by atoms with E-state index >= 15 is 0 Å². The molecule has 8 N–H and O–H groups in total. The fraction of sp³-hybridized carbons (Fsp3) is 0.483. The first kappa shape index (κ1) is 50.3. The maximum Gasteiger partial charge on any atom is 0.161 e. The minimum absolute atomic E-state index is 0.0000232. The summed E-state index contributed by atoms with van der Waals surface area (Å²) in [5.41, 5.74) is 14.3. The number of H-pyrrole nitrogens is 1. The predicted molar refractivity (Wildman–Crippen MR) is 270 cm³/mol. The first-order valence-corrected chi connectivity index (χ1v) is 25.1. The van der Waals surface area contributed by atoms with Crippen LogP contribution >= 0.6 is 0 Å².